The van der Waals surface area contributed by atoms with Crippen molar-refractivity contribution in [2.75, 3.05) is 48.0 Å². The Labute approximate surface area is 228 Å². The van der Waals surface area contributed by atoms with Gasteiger partial charge in [-0.25, -0.2) is 0 Å². The first-order chi connectivity index (χ1) is 18.8. The fourth-order valence-electron chi connectivity index (χ4n) is 4.72. The van der Waals surface area contributed by atoms with Crippen LogP contribution in [0, 0.1) is 0 Å². The Bertz CT molecular complexity index is 1370. The van der Waals surface area contributed by atoms with Gasteiger partial charge in [-0.05, 0) is 50.3 Å². The summed E-state index contributed by atoms with van der Waals surface area (Å²) in [5.74, 6) is -0.229. The Balaban J connectivity index is 1.75. The van der Waals surface area contributed by atoms with Crippen molar-refractivity contribution in [1.29, 1.82) is 0 Å². The summed E-state index contributed by atoms with van der Waals surface area (Å²) in [4.78, 5) is 30.6. The fraction of sp³-hybridized carbons (Fsp3) is 0.400. The van der Waals surface area contributed by atoms with Crippen molar-refractivity contribution < 1.29 is 33.3 Å². The quantitative estimate of drug-likeness (QED) is 0.236. The van der Waals surface area contributed by atoms with Crippen LogP contribution in [0.15, 0.2) is 58.2 Å². The van der Waals surface area contributed by atoms with Gasteiger partial charge in [-0.1, -0.05) is 38.0 Å². The van der Waals surface area contributed by atoms with E-state index in [0.717, 1.165) is 19.3 Å². The van der Waals surface area contributed by atoms with Crippen LogP contribution in [-0.2, 0) is 4.79 Å². The molecule has 9 heteroatoms. The number of likely N-dealkylation sites (N-methyl/N-ethyl adjacent to an activating group) is 1. The third-order valence-electron chi connectivity index (χ3n) is 6.80. The molecule has 39 heavy (non-hydrogen) atoms. The van der Waals surface area contributed by atoms with Gasteiger partial charge in [0.25, 0.3) is 5.91 Å². The van der Waals surface area contributed by atoms with Crippen molar-refractivity contribution in [3.8, 4) is 17.2 Å². The number of carbonyl (C=O) groups is 2. The van der Waals surface area contributed by atoms with Crippen molar-refractivity contribution in [3.05, 3.63) is 65.1 Å². The highest BCUT2D eigenvalue weighted by Gasteiger charge is 2.44. The number of fused-ring (bicyclic) bond motifs is 1. The zero-order chi connectivity index (χ0) is 28.1. The second kappa shape index (κ2) is 12.3. The molecule has 0 spiro atoms. The number of carbonyl (C=O) groups excluding carboxylic acids is 2. The molecule has 1 unspecified atom stereocenters. The number of rotatable bonds is 13. The molecule has 1 aromatic heterocycles. The number of aliphatic hydroxyl groups excluding tert-OH is 1. The minimum Gasteiger partial charge on any atom is -0.503 e. The van der Waals surface area contributed by atoms with Gasteiger partial charge in [0.2, 0.25) is 5.78 Å². The molecule has 0 radical (unpaired) electrons. The molecule has 208 valence electrons. The average Bonchev–Trinajstić information content (AvgIpc) is 3.48. The van der Waals surface area contributed by atoms with Crippen molar-refractivity contribution >= 4 is 22.7 Å². The van der Waals surface area contributed by atoms with Crippen LogP contribution in [0.4, 0.5) is 0 Å². The zero-order valence-corrected chi connectivity index (χ0v) is 23.2. The number of nitrogens with zero attached hydrogens (tertiary/aromatic N) is 2. The minimum absolute atomic E-state index is 0.00570. The van der Waals surface area contributed by atoms with Crippen molar-refractivity contribution in [1.82, 2.24) is 9.80 Å². The molecule has 0 saturated heterocycles. The van der Waals surface area contributed by atoms with E-state index in [0.29, 0.717) is 53.5 Å². The summed E-state index contributed by atoms with van der Waals surface area (Å²) in [6.45, 7) is 3.52. The van der Waals surface area contributed by atoms with Gasteiger partial charge in [0.1, 0.15) is 0 Å². The molecule has 1 atom stereocenters. The molecule has 0 saturated carbocycles. The van der Waals surface area contributed by atoms with E-state index in [1.165, 1.54) is 12.0 Å². The Kier molecular flexibility index (Phi) is 8.81. The van der Waals surface area contributed by atoms with Gasteiger partial charge in [-0.2, -0.15) is 0 Å². The molecular formula is C30H36N2O7. The largest absolute Gasteiger partial charge is 0.503 e. The number of ketones is 1. The smallest absolute Gasteiger partial charge is 0.290 e. The van der Waals surface area contributed by atoms with Gasteiger partial charge in [0.05, 0.1) is 32.4 Å². The van der Waals surface area contributed by atoms with E-state index in [2.05, 4.69) is 6.92 Å². The number of para-hydroxylation sites is 1. The van der Waals surface area contributed by atoms with Crippen LogP contribution in [0.1, 0.15) is 48.3 Å². The number of hydrogen-bond acceptors (Lipinski definition) is 8. The highest BCUT2D eigenvalue weighted by Crippen LogP contribution is 2.42. The number of amides is 1. The van der Waals surface area contributed by atoms with Crippen LogP contribution in [0.25, 0.3) is 11.0 Å². The van der Waals surface area contributed by atoms with Gasteiger partial charge in [-0.3, -0.25) is 9.59 Å². The van der Waals surface area contributed by atoms with Crippen LogP contribution in [-0.4, -0.2) is 74.6 Å². The summed E-state index contributed by atoms with van der Waals surface area (Å²) < 4.78 is 22.8. The van der Waals surface area contributed by atoms with E-state index < -0.39 is 23.5 Å². The molecule has 2 aromatic carbocycles. The lowest BCUT2D eigenvalue weighted by Gasteiger charge is -2.28. The zero-order valence-electron chi connectivity index (χ0n) is 23.2. The lowest BCUT2D eigenvalue weighted by Crippen LogP contribution is -2.36. The van der Waals surface area contributed by atoms with Gasteiger partial charge < -0.3 is 33.5 Å². The Morgan fingerprint density at radius 2 is 1.82 bits per heavy atom. The second-order valence-corrected chi connectivity index (χ2v) is 9.75. The van der Waals surface area contributed by atoms with Crippen molar-refractivity contribution in [3.63, 3.8) is 0 Å². The van der Waals surface area contributed by atoms with E-state index in [4.69, 9.17) is 18.6 Å². The average molecular weight is 537 g/mol. The van der Waals surface area contributed by atoms with Gasteiger partial charge in [-0.15, -0.1) is 0 Å². The first kappa shape index (κ1) is 28.0. The molecule has 1 N–H and O–H groups in total. The summed E-state index contributed by atoms with van der Waals surface area (Å²) in [6, 6.07) is 11.4. The molecule has 3 aromatic rings. The van der Waals surface area contributed by atoms with E-state index in [-0.39, 0.29) is 11.3 Å². The SMILES string of the molecule is CCCCCOc1ccc(C2C(C(=O)c3cc4cccc(OC)c4o3)=C(O)C(=O)N2CCN(C)C)cc1OC. The molecule has 1 aliphatic rings. The lowest BCUT2D eigenvalue weighted by atomic mass is 9.94. The topological polar surface area (TPSA) is 102 Å². The molecule has 2 heterocycles. The van der Waals surface area contributed by atoms with E-state index in [9.17, 15) is 14.7 Å². The summed E-state index contributed by atoms with van der Waals surface area (Å²) in [7, 11) is 6.85. The normalized spacial score (nSPS) is 15.5. The minimum atomic E-state index is -0.844. The summed E-state index contributed by atoms with van der Waals surface area (Å²) in [5, 5.41) is 11.7. The van der Waals surface area contributed by atoms with Crippen LogP contribution in [0.2, 0.25) is 0 Å². The van der Waals surface area contributed by atoms with Gasteiger partial charge in [0, 0.05) is 18.5 Å². The number of aliphatic hydroxyl groups is 1. The summed E-state index contributed by atoms with van der Waals surface area (Å²) in [5.41, 5.74) is 0.983. The van der Waals surface area contributed by atoms with Crippen LogP contribution in [0.5, 0.6) is 17.2 Å². The Morgan fingerprint density at radius 3 is 2.51 bits per heavy atom. The number of methoxy groups -OCH3 is 2. The standard InChI is InChI=1S/C30H36N2O7/c1-6-7-8-16-38-21-13-12-19(17-23(21)37-5)26-25(28(34)30(35)32(26)15-14-31(2)3)27(33)24-18-20-10-9-11-22(36-4)29(20)39-24/h9-13,17-18,26,34H,6-8,14-16H2,1-5H3. The van der Waals surface area contributed by atoms with Crippen molar-refractivity contribution in [2.45, 2.75) is 32.2 Å². The van der Waals surface area contributed by atoms with E-state index >= 15 is 0 Å². The highest BCUT2D eigenvalue weighted by atomic mass is 16.5. The van der Waals surface area contributed by atoms with Gasteiger partial charge >= 0.3 is 0 Å². The number of unbranched alkanes of at least 4 members (excludes halogenated alkanes) is 2. The summed E-state index contributed by atoms with van der Waals surface area (Å²) in [6.07, 6.45) is 3.07. The number of benzene rings is 2. The van der Waals surface area contributed by atoms with Gasteiger partial charge in [0.15, 0.2) is 34.4 Å². The lowest BCUT2D eigenvalue weighted by molar-refractivity contribution is -0.129. The predicted molar refractivity (Wildman–Crippen MR) is 148 cm³/mol. The molecular weight excluding hydrogens is 500 g/mol. The monoisotopic (exact) mass is 536 g/mol. The highest BCUT2D eigenvalue weighted by molar-refractivity contribution is 6.16. The maximum Gasteiger partial charge on any atom is 0.290 e. The number of furan rings is 1. The second-order valence-electron chi connectivity index (χ2n) is 9.75. The molecule has 4 rings (SSSR count). The Morgan fingerprint density at radius 1 is 1.05 bits per heavy atom. The fourth-order valence-corrected chi connectivity index (χ4v) is 4.72. The molecule has 0 bridgehead atoms. The van der Waals surface area contributed by atoms with Crippen LogP contribution >= 0.6 is 0 Å². The van der Waals surface area contributed by atoms with Crippen molar-refractivity contribution in [2.24, 2.45) is 0 Å². The Hall–Kier alpha value is -3.98. The number of ether oxygens (including phenoxy) is 3. The predicted octanol–water partition coefficient (Wildman–Crippen LogP) is 5.16. The third kappa shape index (κ3) is 5.73. The summed E-state index contributed by atoms with van der Waals surface area (Å²) >= 11 is 0. The van der Waals surface area contributed by atoms with E-state index in [1.807, 2.05) is 19.0 Å². The molecule has 1 aliphatic heterocycles. The first-order valence-electron chi connectivity index (χ1n) is 13.1. The third-order valence-corrected chi connectivity index (χ3v) is 6.80. The maximum atomic E-state index is 13.9. The molecule has 9 nitrogen and oxygen atoms in total. The number of Topliss-reactive ketones (excluding diaryl/α,β-unsaturated/α-hetero) is 1. The number of hydrogen-bond donors (Lipinski definition) is 1. The van der Waals surface area contributed by atoms with E-state index in [1.54, 1.807) is 49.6 Å². The molecule has 1 amide bonds. The maximum absolute atomic E-state index is 13.9. The van der Waals surface area contributed by atoms with Crippen LogP contribution < -0.4 is 14.2 Å². The first-order valence-corrected chi connectivity index (χ1v) is 13.1. The molecule has 0 aliphatic carbocycles. The van der Waals surface area contributed by atoms with Crippen LogP contribution in [0.3, 0.4) is 0 Å². The molecule has 0 fully saturated rings.